The van der Waals surface area contributed by atoms with Gasteiger partial charge < -0.3 is 0 Å². The average molecular weight is 344 g/mol. The van der Waals surface area contributed by atoms with E-state index in [1.807, 2.05) is 0 Å². The van der Waals surface area contributed by atoms with Crippen LogP contribution < -0.4 is 15.6 Å². The quantitative estimate of drug-likeness (QED) is 0.769. The summed E-state index contributed by atoms with van der Waals surface area (Å²) in [4.78, 5) is -0.363. The highest BCUT2D eigenvalue weighted by Gasteiger charge is 2.41. The van der Waals surface area contributed by atoms with E-state index in [0.29, 0.717) is 0 Å². The molecule has 1 heterocycles. The molecule has 0 bridgehead atoms. The number of hydrogen-bond acceptors (Lipinski definition) is 4. The maximum atomic E-state index is 13.0. The molecule has 1 aliphatic heterocycles. The van der Waals surface area contributed by atoms with Crippen LogP contribution >= 0.6 is 11.6 Å². The molecule has 0 aromatic heterocycles. The first-order valence-corrected chi connectivity index (χ1v) is 7.85. The number of alkyl halides is 2. The van der Waals surface area contributed by atoms with Crippen molar-refractivity contribution in [3.63, 3.8) is 0 Å². The first-order valence-electron chi connectivity index (χ1n) is 5.99. The lowest BCUT2D eigenvalue weighted by atomic mass is 10.1. The van der Waals surface area contributed by atoms with Gasteiger partial charge in [0.25, 0.3) is 6.43 Å². The van der Waals surface area contributed by atoms with Crippen molar-refractivity contribution >= 4 is 21.6 Å². The number of benzene rings is 1. The number of sulfonamides is 1. The fraction of sp³-hybridized carbons (Fsp3) is 0.455. The maximum absolute atomic E-state index is 13.0. The Morgan fingerprint density at radius 2 is 2.00 bits per heavy atom. The van der Waals surface area contributed by atoms with Gasteiger partial charge in [-0.15, -0.1) is 0 Å². The lowest BCUT2D eigenvalue weighted by Gasteiger charge is -2.22. The van der Waals surface area contributed by atoms with Crippen molar-refractivity contribution in [1.29, 1.82) is 0 Å². The van der Waals surface area contributed by atoms with Gasteiger partial charge in [-0.05, 0) is 25.1 Å². The van der Waals surface area contributed by atoms with E-state index in [1.54, 1.807) is 6.92 Å². The van der Waals surface area contributed by atoms with Crippen molar-refractivity contribution in [2.24, 2.45) is 0 Å². The molecule has 5 nitrogen and oxygen atoms in total. The third-order valence-electron chi connectivity index (χ3n) is 3.15. The summed E-state index contributed by atoms with van der Waals surface area (Å²) in [6, 6.07) is -0.254. The van der Waals surface area contributed by atoms with Gasteiger partial charge in [-0.2, -0.15) is 0 Å². The zero-order valence-corrected chi connectivity index (χ0v) is 12.4. The van der Waals surface area contributed by atoms with Crippen molar-refractivity contribution < 1.29 is 21.6 Å². The van der Waals surface area contributed by atoms with E-state index in [4.69, 9.17) is 11.6 Å². The molecule has 1 aromatic rings. The third-order valence-corrected chi connectivity index (χ3v) is 5.09. The minimum absolute atomic E-state index is 0.317. The number of halogens is 4. The molecule has 1 aromatic carbocycles. The van der Waals surface area contributed by atoms with Crippen LogP contribution in [0.5, 0.6) is 0 Å². The van der Waals surface area contributed by atoms with Gasteiger partial charge in [-0.1, -0.05) is 11.6 Å². The van der Waals surface area contributed by atoms with Gasteiger partial charge in [0.2, 0.25) is 10.0 Å². The second-order valence-electron chi connectivity index (χ2n) is 4.66. The van der Waals surface area contributed by atoms with Crippen molar-refractivity contribution in [2.45, 2.75) is 36.4 Å². The zero-order chi connectivity index (χ0) is 15.8. The van der Waals surface area contributed by atoms with Crippen LogP contribution in [0.2, 0.25) is 5.02 Å². The Morgan fingerprint density at radius 3 is 2.57 bits per heavy atom. The first kappa shape index (κ1) is 16.5. The monoisotopic (exact) mass is 343 g/mol. The molecule has 2 rings (SSSR count). The lowest BCUT2D eigenvalue weighted by molar-refractivity contribution is 0.0959. The Balaban J connectivity index is 2.28. The predicted octanol–water partition coefficient (Wildman–Crippen LogP) is 1.26. The SMILES string of the molecule is CC1NNC(C(F)F)C1NS(=O)(=O)c1ccc(F)cc1Cl. The van der Waals surface area contributed by atoms with E-state index in [9.17, 15) is 21.6 Å². The largest absolute Gasteiger partial charge is 0.256 e. The second kappa shape index (κ2) is 6.09. The Labute approximate surface area is 124 Å². The van der Waals surface area contributed by atoms with Crippen LogP contribution in [0.1, 0.15) is 6.92 Å². The van der Waals surface area contributed by atoms with E-state index in [1.165, 1.54) is 0 Å². The maximum Gasteiger partial charge on any atom is 0.256 e. The van der Waals surface area contributed by atoms with Crippen LogP contribution in [-0.4, -0.2) is 33.0 Å². The van der Waals surface area contributed by atoms with Gasteiger partial charge in [0.05, 0.1) is 17.1 Å². The second-order valence-corrected chi connectivity index (χ2v) is 6.75. The molecule has 1 aliphatic rings. The molecule has 0 radical (unpaired) electrons. The molecular weight excluding hydrogens is 331 g/mol. The number of hydrazine groups is 1. The fourth-order valence-corrected chi connectivity index (χ4v) is 3.92. The molecular formula is C11H13ClF3N3O2S. The number of hydrogen-bond donors (Lipinski definition) is 3. The van der Waals surface area contributed by atoms with Crippen LogP contribution in [0.25, 0.3) is 0 Å². The zero-order valence-electron chi connectivity index (χ0n) is 10.8. The summed E-state index contributed by atoms with van der Waals surface area (Å²) in [6.07, 6.45) is -2.76. The summed E-state index contributed by atoms with van der Waals surface area (Å²) in [5.41, 5.74) is 4.88. The fourth-order valence-electron chi connectivity index (χ4n) is 2.05. The number of rotatable bonds is 4. The molecule has 0 aliphatic carbocycles. The van der Waals surface area contributed by atoms with E-state index in [2.05, 4.69) is 15.6 Å². The van der Waals surface area contributed by atoms with E-state index < -0.39 is 40.4 Å². The topological polar surface area (TPSA) is 70.2 Å². The standard InChI is InChI=1S/C11H13ClF3N3O2S/c1-5-9(10(11(14)15)17-16-5)18-21(19,20)8-3-2-6(13)4-7(8)12/h2-5,9-11,16-18H,1H3. The van der Waals surface area contributed by atoms with Gasteiger partial charge in [0.1, 0.15) is 10.7 Å². The van der Waals surface area contributed by atoms with Gasteiger partial charge in [-0.3, -0.25) is 5.43 Å². The van der Waals surface area contributed by atoms with E-state index in [0.717, 1.165) is 18.2 Å². The van der Waals surface area contributed by atoms with Gasteiger partial charge in [0.15, 0.2) is 0 Å². The Hall–Kier alpha value is -0.870. The summed E-state index contributed by atoms with van der Waals surface area (Å²) >= 11 is 5.70. The lowest BCUT2D eigenvalue weighted by Crippen LogP contribution is -2.50. The highest BCUT2D eigenvalue weighted by atomic mass is 35.5. The first-order chi connectivity index (χ1) is 9.72. The summed E-state index contributed by atoms with van der Waals surface area (Å²) in [5, 5.41) is -0.317. The molecule has 3 atom stereocenters. The smallest absolute Gasteiger partial charge is 0.253 e. The molecule has 3 N–H and O–H groups in total. The Kier molecular flexibility index (Phi) is 4.79. The minimum Gasteiger partial charge on any atom is -0.253 e. The molecule has 118 valence electrons. The molecule has 1 saturated heterocycles. The molecule has 3 unspecified atom stereocenters. The van der Waals surface area contributed by atoms with Gasteiger partial charge in [-0.25, -0.2) is 31.7 Å². The van der Waals surface area contributed by atoms with Gasteiger partial charge in [0, 0.05) is 6.04 Å². The van der Waals surface area contributed by atoms with Crippen LogP contribution in [-0.2, 0) is 10.0 Å². The Morgan fingerprint density at radius 1 is 1.33 bits per heavy atom. The normalized spacial score (nSPS) is 26.5. The molecule has 0 spiro atoms. The number of nitrogens with one attached hydrogen (secondary N) is 3. The predicted molar refractivity (Wildman–Crippen MR) is 71.0 cm³/mol. The van der Waals surface area contributed by atoms with Crippen molar-refractivity contribution in [3.8, 4) is 0 Å². The van der Waals surface area contributed by atoms with Crippen molar-refractivity contribution in [1.82, 2.24) is 15.6 Å². The van der Waals surface area contributed by atoms with Crippen LogP contribution in [0.3, 0.4) is 0 Å². The highest BCUT2D eigenvalue weighted by molar-refractivity contribution is 7.89. The van der Waals surface area contributed by atoms with E-state index in [-0.39, 0.29) is 9.92 Å². The molecule has 10 heteroatoms. The summed E-state index contributed by atoms with van der Waals surface area (Å²) in [6.45, 7) is 1.55. The summed E-state index contributed by atoms with van der Waals surface area (Å²) in [5.74, 6) is -0.693. The molecule has 0 amide bonds. The molecule has 1 fully saturated rings. The average Bonchev–Trinajstić information content (AvgIpc) is 2.70. The van der Waals surface area contributed by atoms with Crippen LogP contribution in [0.4, 0.5) is 13.2 Å². The summed E-state index contributed by atoms with van der Waals surface area (Å²) in [7, 11) is -4.15. The molecule has 0 saturated carbocycles. The van der Waals surface area contributed by atoms with Crippen LogP contribution in [0.15, 0.2) is 23.1 Å². The van der Waals surface area contributed by atoms with Crippen LogP contribution in [0, 0.1) is 5.82 Å². The van der Waals surface area contributed by atoms with Crippen molar-refractivity contribution in [2.75, 3.05) is 0 Å². The minimum atomic E-state index is -4.15. The molecule has 21 heavy (non-hydrogen) atoms. The third kappa shape index (κ3) is 3.49. The Bertz CT molecular complexity index is 629. The van der Waals surface area contributed by atoms with Crippen molar-refractivity contribution in [3.05, 3.63) is 29.0 Å². The summed E-state index contributed by atoms with van der Waals surface area (Å²) < 4.78 is 65.3. The highest BCUT2D eigenvalue weighted by Crippen LogP contribution is 2.24. The van der Waals surface area contributed by atoms with E-state index >= 15 is 0 Å². The van der Waals surface area contributed by atoms with Gasteiger partial charge >= 0.3 is 0 Å².